The van der Waals surface area contributed by atoms with Crippen molar-refractivity contribution in [3.05, 3.63) is 59.8 Å². The molecule has 5 rings (SSSR count). The Labute approximate surface area is 220 Å². The monoisotopic (exact) mass is 522 g/mol. The first kappa shape index (κ1) is 25.9. The quantitative estimate of drug-likeness (QED) is 0.462. The molecule has 1 aromatic heterocycles. The van der Waals surface area contributed by atoms with Gasteiger partial charge in [-0.2, -0.15) is 0 Å². The van der Waals surface area contributed by atoms with Crippen LogP contribution in [-0.2, 0) is 21.2 Å². The molecule has 37 heavy (non-hydrogen) atoms. The van der Waals surface area contributed by atoms with Crippen LogP contribution in [-0.4, -0.2) is 67.0 Å². The number of nitrogens with zero attached hydrogens (tertiary/aromatic N) is 2. The Morgan fingerprint density at radius 2 is 1.65 bits per heavy atom. The topological polar surface area (TPSA) is 99.5 Å². The van der Waals surface area contributed by atoms with Crippen molar-refractivity contribution in [3.8, 4) is 11.1 Å². The largest absolute Gasteiger partial charge is 0.369 e. The third-order valence-electron chi connectivity index (χ3n) is 8.03. The molecule has 3 N–H and O–H groups in total. The Morgan fingerprint density at radius 3 is 2.32 bits per heavy atom. The summed E-state index contributed by atoms with van der Waals surface area (Å²) in [5.41, 5.74) is 10.7. The van der Waals surface area contributed by atoms with Gasteiger partial charge in [-0.3, -0.25) is 4.79 Å². The first-order valence-electron chi connectivity index (χ1n) is 13.6. The summed E-state index contributed by atoms with van der Waals surface area (Å²) in [5.74, 6) is 0.112. The predicted octanol–water partition coefficient (Wildman–Crippen LogP) is 4.25. The maximum absolute atomic E-state index is 13.1. The second-order valence-corrected chi connectivity index (χ2v) is 12.6. The molecule has 0 spiro atoms. The molecule has 0 radical (unpaired) electrons. The van der Waals surface area contributed by atoms with Gasteiger partial charge in [0.05, 0.1) is 12.2 Å². The van der Waals surface area contributed by atoms with Gasteiger partial charge in [-0.1, -0.05) is 43.2 Å². The van der Waals surface area contributed by atoms with Gasteiger partial charge in [-0.05, 0) is 79.1 Å². The molecule has 7 nitrogen and oxygen atoms in total. The second-order valence-electron chi connectivity index (χ2n) is 10.6. The lowest BCUT2D eigenvalue weighted by Gasteiger charge is -2.32. The molecule has 0 saturated carbocycles. The molecule has 3 aromatic rings. The van der Waals surface area contributed by atoms with Crippen molar-refractivity contribution >= 4 is 26.8 Å². The number of sulfonamides is 1. The van der Waals surface area contributed by atoms with Crippen molar-refractivity contribution in [2.75, 3.05) is 38.5 Å². The second kappa shape index (κ2) is 11.4. The van der Waals surface area contributed by atoms with E-state index in [9.17, 15) is 13.2 Å². The van der Waals surface area contributed by atoms with Crippen LogP contribution >= 0.6 is 0 Å². The molecule has 2 aliphatic rings. The minimum Gasteiger partial charge on any atom is -0.369 e. The van der Waals surface area contributed by atoms with Crippen LogP contribution in [0.3, 0.4) is 0 Å². The molecule has 2 aromatic carbocycles. The molecule has 1 amide bonds. The zero-order chi connectivity index (χ0) is 25.8. The van der Waals surface area contributed by atoms with Gasteiger partial charge in [-0.15, -0.1) is 0 Å². The van der Waals surface area contributed by atoms with Crippen LogP contribution in [0.5, 0.6) is 0 Å². The molecule has 2 fully saturated rings. The fourth-order valence-corrected chi connectivity index (χ4v) is 7.48. The zero-order valence-corrected chi connectivity index (χ0v) is 22.3. The summed E-state index contributed by atoms with van der Waals surface area (Å²) >= 11 is 0. The van der Waals surface area contributed by atoms with Gasteiger partial charge in [0.15, 0.2) is 0 Å². The molecule has 2 aliphatic heterocycles. The van der Waals surface area contributed by atoms with Crippen LogP contribution in [0, 0.1) is 0 Å². The van der Waals surface area contributed by atoms with Crippen LogP contribution in [0.15, 0.2) is 48.7 Å². The van der Waals surface area contributed by atoms with Gasteiger partial charge in [0.25, 0.3) is 0 Å². The SMILES string of the molecule is NC(=O)Cc1cc(-c2ccccc2)cc2c(C3CCN(S(=O)(=O)CCN4CCCCCC4)CC3)c[nH]c12. The number of primary amides is 1. The van der Waals surface area contributed by atoms with Gasteiger partial charge >= 0.3 is 0 Å². The summed E-state index contributed by atoms with van der Waals surface area (Å²) in [6, 6.07) is 14.4. The lowest BCUT2D eigenvalue weighted by Crippen LogP contribution is -2.42. The van der Waals surface area contributed by atoms with Crippen molar-refractivity contribution in [3.63, 3.8) is 0 Å². The lowest BCUT2D eigenvalue weighted by atomic mass is 9.88. The number of aromatic nitrogens is 1. The van der Waals surface area contributed by atoms with E-state index in [4.69, 9.17) is 5.73 Å². The van der Waals surface area contributed by atoms with Crippen molar-refractivity contribution < 1.29 is 13.2 Å². The number of nitrogens with one attached hydrogen (secondary N) is 1. The van der Waals surface area contributed by atoms with Crippen molar-refractivity contribution in [1.82, 2.24) is 14.2 Å². The number of fused-ring (bicyclic) bond motifs is 1. The van der Waals surface area contributed by atoms with Crippen LogP contribution in [0.2, 0.25) is 0 Å². The van der Waals surface area contributed by atoms with E-state index in [0.29, 0.717) is 19.6 Å². The number of carbonyl (C=O) groups excluding carboxylic acids is 1. The highest BCUT2D eigenvalue weighted by molar-refractivity contribution is 7.89. The van der Waals surface area contributed by atoms with Crippen molar-refractivity contribution in [2.24, 2.45) is 5.73 Å². The number of hydrogen-bond acceptors (Lipinski definition) is 4. The third-order valence-corrected chi connectivity index (χ3v) is 9.88. The molecule has 8 heteroatoms. The summed E-state index contributed by atoms with van der Waals surface area (Å²) in [6.07, 6.45) is 8.63. The summed E-state index contributed by atoms with van der Waals surface area (Å²) in [6.45, 7) is 3.76. The number of hydrogen-bond donors (Lipinski definition) is 2. The first-order valence-corrected chi connectivity index (χ1v) is 15.2. The highest BCUT2D eigenvalue weighted by Crippen LogP contribution is 2.37. The highest BCUT2D eigenvalue weighted by atomic mass is 32.2. The van der Waals surface area contributed by atoms with E-state index in [0.717, 1.165) is 53.5 Å². The summed E-state index contributed by atoms with van der Waals surface area (Å²) in [4.78, 5) is 17.5. The average Bonchev–Trinajstić information content (AvgIpc) is 3.15. The molecule has 0 bridgehead atoms. The Hall–Kier alpha value is -2.68. The number of benzene rings is 2. The first-order chi connectivity index (χ1) is 17.9. The molecule has 3 heterocycles. The van der Waals surface area contributed by atoms with Gasteiger partial charge in [0.1, 0.15) is 0 Å². The summed E-state index contributed by atoms with van der Waals surface area (Å²) in [7, 11) is -3.26. The maximum atomic E-state index is 13.1. The lowest BCUT2D eigenvalue weighted by molar-refractivity contribution is -0.117. The molecule has 0 atom stereocenters. The maximum Gasteiger partial charge on any atom is 0.221 e. The number of carbonyl (C=O) groups is 1. The number of likely N-dealkylation sites (tertiary alicyclic amines) is 1. The minimum atomic E-state index is -3.26. The van der Waals surface area contributed by atoms with Gasteiger partial charge in [0.2, 0.25) is 15.9 Å². The van der Waals surface area contributed by atoms with Gasteiger partial charge in [-0.25, -0.2) is 12.7 Å². The van der Waals surface area contributed by atoms with E-state index < -0.39 is 10.0 Å². The minimum absolute atomic E-state index is 0.171. The average molecular weight is 523 g/mol. The molecule has 0 unspecified atom stereocenters. The van der Waals surface area contributed by atoms with Crippen molar-refractivity contribution in [1.29, 1.82) is 0 Å². The van der Waals surface area contributed by atoms with Crippen LogP contribution in [0.1, 0.15) is 55.6 Å². The number of rotatable bonds is 8. The van der Waals surface area contributed by atoms with E-state index in [2.05, 4.69) is 28.1 Å². The molecular weight excluding hydrogens is 484 g/mol. The van der Waals surface area contributed by atoms with Crippen molar-refractivity contribution in [2.45, 2.75) is 50.9 Å². The third kappa shape index (κ3) is 6.08. The Bertz CT molecular complexity index is 1320. The molecular formula is C29H38N4O3S. The standard InChI is InChI=1S/C29H38N4O3S/c30-28(34)20-25-18-24(22-8-4-3-5-9-22)19-26-27(21-31-29(25)26)23-10-14-33(15-11-23)37(35,36)17-16-32-12-6-1-2-7-13-32/h3-5,8-9,18-19,21,23,31H,1-2,6-7,10-17,20H2,(H2,30,34). The zero-order valence-electron chi connectivity index (χ0n) is 21.5. The smallest absolute Gasteiger partial charge is 0.221 e. The van der Waals surface area contributed by atoms with E-state index in [1.165, 1.54) is 31.2 Å². The van der Waals surface area contributed by atoms with Gasteiger partial charge < -0.3 is 15.6 Å². The summed E-state index contributed by atoms with van der Waals surface area (Å²) < 4.78 is 27.9. The Morgan fingerprint density at radius 1 is 0.946 bits per heavy atom. The normalized spacial score (nSPS) is 18.7. The molecule has 2 saturated heterocycles. The number of amides is 1. The van der Waals surface area contributed by atoms with Crippen LogP contribution in [0.25, 0.3) is 22.0 Å². The van der Waals surface area contributed by atoms with E-state index >= 15 is 0 Å². The number of H-pyrrole nitrogens is 1. The Kier molecular flexibility index (Phi) is 7.98. The van der Waals surface area contributed by atoms with E-state index in [1.807, 2.05) is 30.5 Å². The summed E-state index contributed by atoms with van der Waals surface area (Å²) in [5, 5.41) is 1.10. The molecule has 198 valence electrons. The Balaban J connectivity index is 1.32. The van der Waals surface area contributed by atoms with Crippen LogP contribution < -0.4 is 5.73 Å². The molecule has 0 aliphatic carbocycles. The van der Waals surface area contributed by atoms with Gasteiger partial charge in [0, 0.05) is 36.7 Å². The highest BCUT2D eigenvalue weighted by Gasteiger charge is 2.30. The van der Waals surface area contributed by atoms with Crippen LogP contribution in [0.4, 0.5) is 0 Å². The van der Waals surface area contributed by atoms with E-state index in [-0.39, 0.29) is 24.0 Å². The fraction of sp³-hybridized carbons (Fsp3) is 0.483. The number of nitrogens with two attached hydrogens (primary N) is 1. The van der Waals surface area contributed by atoms with E-state index in [1.54, 1.807) is 4.31 Å². The fourth-order valence-electron chi connectivity index (χ4n) is 5.97. The number of piperidine rings is 1. The predicted molar refractivity (Wildman–Crippen MR) is 149 cm³/mol. The number of aromatic amines is 1.